The fourth-order valence-electron chi connectivity index (χ4n) is 1.79. The maximum absolute atomic E-state index is 10.3. The van der Waals surface area contributed by atoms with Crippen molar-refractivity contribution in [2.75, 3.05) is 26.1 Å². The molecule has 2 N–H and O–H groups in total. The first kappa shape index (κ1) is 14.1. The molecular weight excluding hydrogens is 258 g/mol. The molecule has 0 fully saturated rings. The van der Waals surface area contributed by atoms with Gasteiger partial charge in [-0.15, -0.1) is 0 Å². The SMILES string of the molecule is COc1ccc(OC)c(C(O)CNc2ncccn2)c1. The van der Waals surface area contributed by atoms with Crippen LogP contribution in [-0.2, 0) is 0 Å². The number of hydrogen-bond acceptors (Lipinski definition) is 6. The second kappa shape index (κ2) is 6.72. The van der Waals surface area contributed by atoms with E-state index in [4.69, 9.17) is 9.47 Å². The van der Waals surface area contributed by atoms with Gasteiger partial charge in [-0.1, -0.05) is 0 Å². The van der Waals surface area contributed by atoms with E-state index in [2.05, 4.69) is 15.3 Å². The van der Waals surface area contributed by atoms with E-state index < -0.39 is 6.10 Å². The molecule has 0 radical (unpaired) electrons. The average Bonchev–Trinajstić information content (AvgIpc) is 2.52. The minimum absolute atomic E-state index is 0.271. The topological polar surface area (TPSA) is 76.5 Å². The van der Waals surface area contributed by atoms with E-state index in [-0.39, 0.29) is 6.54 Å². The molecule has 6 nitrogen and oxygen atoms in total. The van der Waals surface area contributed by atoms with Gasteiger partial charge in [0.15, 0.2) is 0 Å². The lowest BCUT2D eigenvalue weighted by Gasteiger charge is -2.16. The summed E-state index contributed by atoms with van der Waals surface area (Å²) in [6.45, 7) is 0.271. The summed E-state index contributed by atoms with van der Waals surface area (Å²) in [6.07, 6.45) is 2.51. The molecule has 1 aromatic carbocycles. The first-order valence-corrected chi connectivity index (χ1v) is 6.15. The van der Waals surface area contributed by atoms with E-state index in [1.54, 1.807) is 50.9 Å². The highest BCUT2D eigenvalue weighted by atomic mass is 16.5. The first-order valence-electron chi connectivity index (χ1n) is 6.15. The van der Waals surface area contributed by atoms with Crippen LogP contribution in [-0.4, -0.2) is 35.8 Å². The van der Waals surface area contributed by atoms with Crippen LogP contribution >= 0.6 is 0 Å². The lowest BCUT2D eigenvalue weighted by molar-refractivity contribution is 0.186. The largest absolute Gasteiger partial charge is 0.497 e. The van der Waals surface area contributed by atoms with E-state index in [1.807, 2.05) is 0 Å². The van der Waals surface area contributed by atoms with Gasteiger partial charge in [-0.3, -0.25) is 0 Å². The van der Waals surface area contributed by atoms with E-state index in [9.17, 15) is 5.11 Å². The lowest BCUT2D eigenvalue weighted by atomic mass is 10.1. The van der Waals surface area contributed by atoms with E-state index in [1.165, 1.54) is 0 Å². The van der Waals surface area contributed by atoms with Crippen molar-refractivity contribution in [2.45, 2.75) is 6.10 Å². The number of hydrogen-bond donors (Lipinski definition) is 2. The van der Waals surface area contributed by atoms with Crippen LogP contribution < -0.4 is 14.8 Å². The Labute approximate surface area is 117 Å². The Morgan fingerprint density at radius 2 is 1.95 bits per heavy atom. The fourth-order valence-corrected chi connectivity index (χ4v) is 1.79. The van der Waals surface area contributed by atoms with E-state index in [0.717, 1.165) is 0 Å². The number of rotatable bonds is 6. The molecule has 0 saturated carbocycles. The Kier molecular flexibility index (Phi) is 4.73. The standard InChI is InChI=1S/C14H17N3O3/c1-19-10-4-5-13(20-2)11(8-10)12(18)9-17-14-15-6-3-7-16-14/h3-8,12,18H,9H2,1-2H3,(H,15,16,17). The van der Waals surface area contributed by atoms with Crippen LogP contribution in [0.4, 0.5) is 5.95 Å². The highest BCUT2D eigenvalue weighted by Crippen LogP contribution is 2.29. The Morgan fingerprint density at radius 1 is 1.20 bits per heavy atom. The smallest absolute Gasteiger partial charge is 0.222 e. The van der Waals surface area contributed by atoms with Crippen LogP contribution in [0.25, 0.3) is 0 Å². The summed E-state index contributed by atoms with van der Waals surface area (Å²) in [5.74, 6) is 1.73. The summed E-state index contributed by atoms with van der Waals surface area (Å²) in [5.41, 5.74) is 0.648. The number of nitrogens with zero attached hydrogens (tertiary/aromatic N) is 2. The van der Waals surface area contributed by atoms with Crippen LogP contribution in [0, 0.1) is 0 Å². The van der Waals surface area contributed by atoms with Gasteiger partial charge in [0, 0.05) is 24.5 Å². The molecule has 106 valence electrons. The Morgan fingerprint density at radius 3 is 2.60 bits per heavy atom. The fraction of sp³-hybridized carbons (Fsp3) is 0.286. The molecule has 0 aliphatic carbocycles. The maximum Gasteiger partial charge on any atom is 0.222 e. The number of benzene rings is 1. The molecule has 6 heteroatoms. The maximum atomic E-state index is 10.3. The minimum Gasteiger partial charge on any atom is -0.497 e. The number of methoxy groups -OCH3 is 2. The molecule has 1 unspecified atom stereocenters. The monoisotopic (exact) mass is 275 g/mol. The third-order valence-electron chi connectivity index (χ3n) is 2.82. The first-order chi connectivity index (χ1) is 9.74. The second-order valence-electron chi connectivity index (χ2n) is 4.08. The number of ether oxygens (including phenoxy) is 2. The highest BCUT2D eigenvalue weighted by Gasteiger charge is 2.14. The molecule has 0 aliphatic rings. The summed E-state index contributed by atoms with van der Waals surface area (Å²) < 4.78 is 10.4. The van der Waals surface area contributed by atoms with E-state index >= 15 is 0 Å². The number of aliphatic hydroxyl groups is 1. The number of aliphatic hydroxyl groups excluding tert-OH is 1. The third-order valence-corrected chi connectivity index (χ3v) is 2.82. The van der Waals surface area contributed by atoms with Crippen molar-refractivity contribution in [1.29, 1.82) is 0 Å². The molecule has 1 atom stereocenters. The zero-order chi connectivity index (χ0) is 14.4. The van der Waals surface area contributed by atoms with Crippen LogP contribution in [0.1, 0.15) is 11.7 Å². The van der Waals surface area contributed by atoms with Gasteiger partial charge in [0.1, 0.15) is 11.5 Å². The van der Waals surface area contributed by atoms with E-state index in [0.29, 0.717) is 23.0 Å². The average molecular weight is 275 g/mol. The molecule has 0 spiro atoms. The predicted octanol–water partition coefficient (Wildman–Crippen LogP) is 1.64. The van der Waals surface area contributed by atoms with Gasteiger partial charge in [0.25, 0.3) is 0 Å². The van der Waals surface area contributed by atoms with Crippen molar-refractivity contribution >= 4 is 5.95 Å². The Bertz CT molecular complexity index is 549. The van der Waals surface area contributed by atoms with Gasteiger partial charge in [0.05, 0.1) is 20.3 Å². The Balaban J connectivity index is 2.09. The molecule has 2 aromatic rings. The van der Waals surface area contributed by atoms with Crippen molar-refractivity contribution in [3.63, 3.8) is 0 Å². The summed E-state index contributed by atoms with van der Waals surface area (Å²) in [5, 5.41) is 13.2. The van der Waals surface area contributed by atoms with Crippen molar-refractivity contribution in [3.05, 3.63) is 42.2 Å². The second-order valence-corrected chi connectivity index (χ2v) is 4.08. The van der Waals surface area contributed by atoms with Crippen molar-refractivity contribution in [3.8, 4) is 11.5 Å². The number of aromatic nitrogens is 2. The predicted molar refractivity (Wildman–Crippen MR) is 75.0 cm³/mol. The van der Waals surface area contributed by atoms with Gasteiger partial charge in [-0.2, -0.15) is 0 Å². The molecule has 0 aliphatic heterocycles. The summed E-state index contributed by atoms with van der Waals surface area (Å²) in [7, 11) is 3.14. The molecule has 20 heavy (non-hydrogen) atoms. The summed E-state index contributed by atoms with van der Waals surface area (Å²) in [4.78, 5) is 8.06. The van der Waals surface area contributed by atoms with Crippen LogP contribution in [0.15, 0.2) is 36.7 Å². The normalized spacial score (nSPS) is 11.8. The minimum atomic E-state index is -0.760. The molecule has 2 rings (SSSR count). The van der Waals surface area contributed by atoms with Crippen LogP contribution in [0.5, 0.6) is 11.5 Å². The van der Waals surface area contributed by atoms with Crippen LogP contribution in [0.3, 0.4) is 0 Å². The molecule has 0 saturated heterocycles. The van der Waals surface area contributed by atoms with Gasteiger partial charge < -0.3 is 19.9 Å². The van der Waals surface area contributed by atoms with Gasteiger partial charge in [0.2, 0.25) is 5.95 Å². The summed E-state index contributed by atoms with van der Waals surface area (Å²) in [6, 6.07) is 7.02. The number of anilines is 1. The highest BCUT2D eigenvalue weighted by molar-refractivity contribution is 5.42. The van der Waals surface area contributed by atoms with Crippen molar-refractivity contribution in [2.24, 2.45) is 0 Å². The molecule has 1 aromatic heterocycles. The quantitative estimate of drug-likeness (QED) is 0.834. The molecule has 0 bridgehead atoms. The van der Waals surface area contributed by atoms with Crippen molar-refractivity contribution in [1.82, 2.24) is 9.97 Å². The lowest BCUT2D eigenvalue weighted by Crippen LogP contribution is -2.14. The Hall–Kier alpha value is -2.34. The van der Waals surface area contributed by atoms with Gasteiger partial charge >= 0.3 is 0 Å². The molecule has 1 heterocycles. The van der Waals surface area contributed by atoms with Crippen molar-refractivity contribution < 1.29 is 14.6 Å². The third kappa shape index (κ3) is 3.36. The molecular formula is C14H17N3O3. The zero-order valence-electron chi connectivity index (χ0n) is 11.4. The van der Waals surface area contributed by atoms with Crippen LogP contribution in [0.2, 0.25) is 0 Å². The zero-order valence-corrected chi connectivity index (χ0v) is 11.4. The van der Waals surface area contributed by atoms with Gasteiger partial charge in [-0.25, -0.2) is 9.97 Å². The molecule has 0 amide bonds. The number of nitrogens with one attached hydrogen (secondary N) is 1. The van der Waals surface area contributed by atoms with Gasteiger partial charge in [-0.05, 0) is 24.3 Å². The summed E-state index contributed by atoms with van der Waals surface area (Å²) >= 11 is 0.